The first-order valence-electron chi connectivity index (χ1n) is 7.27. The fourth-order valence-electron chi connectivity index (χ4n) is 2.25. The lowest BCUT2D eigenvalue weighted by Crippen LogP contribution is -2.05. The molecule has 0 aliphatic heterocycles. The number of aryl methyl sites for hydroxylation is 3. The molecule has 0 saturated carbocycles. The smallest absolute Gasteiger partial charge is 0.227 e. The van der Waals surface area contributed by atoms with Gasteiger partial charge in [0.25, 0.3) is 0 Å². The first kappa shape index (κ1) is 15.3. The van der Waals surface area contributed by atoms with Gasteiger partial charge in [0.2, 0.25) is 5.88 Å². The molecule has 0 saturated heterocycles. The fraction of sp³-hybridized carbons (Fsp3) is 0.412. The summed E-state index contributed by atoms with van der Waals surface area (Å²) in [4.78, 5) is 8.99. The first-order chi connectivity index (χ1) is 9.96. The number of ether oxygens (including phenoxy) is 1. The molecule has 1 heterocycles. The van der Waals surface area contributed by atoms with E-state index in [1.165, 1.54) is 11.1 Å². The highest BCUT2D eigenvalue weighted by Crippen LogP contribution is 2.31. The normalized spacial score (nSPS) is 10.6. The van der Waals surface area contributed by atoms with E-state index in [-0.39, 0.29) is 0 Å². The minimum Gasteiger partial charge on any atom is -0.438 e. The van der Waals surface area contributed by atoms with E-state index in [0.29, 0.717) is 5.88 Å². The predicted octanol–water partition coefficient (Wildman–Crippen LogP) is 4.11. The summed E-state index contributed by atoms with van der Waals surface area (Å²) in [7, 11) is 1.86. The Morgan fingerprint density at radius 3 is 2.38 bits per heavy atom. The standard InChI is InChI=1S/C17H23N3O/c1-7-15-19-16(18-6)13(5)17(20-15)21-14-9-10(2)8-11(3)12(14)4/h8-9H,7H2,1-6H3,(H,18,19,20). The van der Waals surface area contributed by atoms with Crippen molar-refractivity contribution in [3.63, 3.8) is 0 Å². The van der Waals surface area contributed by atoms with E-state index in [9.17, 15) is 0 Å². The predicted molar refractivity (Wildman–Crippen MR) is 86.4 cm³/mol. The number of hydrogen-bond donors (Lipinski definition) is 1. The maximum atomic E-state index is 6.10. The maximum absolute atomic E-state index is 6.10. The Bertz CT molecular complexity index is 666. The second kappa shape index (κ2) is 6.12. The highest BCUT2D eigenvalue weighted by Gasteiger charge is 2.13. The van der Waals surface area contributed by atoms with Gasteiger partial charge in [-0.3, -0.25) is 0 Å². The lowest BCUT2D eigenvalue weighted by atomic mass is 10.1. The number of hydrogen-bond acceptors (Lipinski definition) is 4. The summed E-state index contributed by atoms with van der Waals surface area (Å²) in [5, 5.41) is 3.10. The Balaban J connectivity index is 2.49. The van der Waals surface area contributed by atoms with Crippen molar-refractivity contribution < 1.29 is 4.74 Å². The van der Waals surface area contributed by atoms with Crippen LogP contribution in [0.1, 0.15) is 35.0 Å². The molecule has 0 bridgehead atoms. The van der Waals surface area contributed by atoms with Crippen molar-refractivity contribution in [1.29, 1.82) is 0 Å². The summed E-state index contributed by atoms with van der Waals surface area (Å²) < 4.78 is 6.10. The van der Waals surface area contributed by atoms with E-state index < -0.39 is 0 Å². The van der Waals surface area contributed by atoms with Crippen LogP contribution in [0.15, 0.2) is 12.1 Å². The summed E-state index contributed by atoms with van der Waals surface area (Å²) in [6.45, 7) is 10.2. The van der Waals surface area contributed by atoms with Gasteiger partial charge < -0.3 is 10.1 Å². The van der Waals surface area contributed by atoms with Crippen molar-refractivity contribution in [2.24, 2.45) is 0 Å². The molecule has 0 aliphatic rings. The second-order valence-electron chi connectivity index (χ2n) is 5.33. The zero-order valence-electron chi connectivity index (χ0n) is 13.7. The highest BCUT2D eigenvalue weighted by molar-refractivity contribution is 5.51. The van der Waals surface area contributed by atoms with Crippen LogP contribution in [0.25, 0.3) is 0 Å². The van der Waals surface area contributed by atoms with Gasteiger partial charge >= 0.3 is 0 Å². The third-order valence-electron chi connectivity index (χ3n) is 3.67. The summed E-state index contributed by atoms with van der Waals surface area (Å²) in [5.41, 5.74) is 4.47. The number of nitrogens with one attached hydrogen (secondary N) is 1. The lowest BCUT2D eigenvalue weighted by molar-refractivity contribution is 0.451. The van der Waals surface area contributed by atoms with Gasteiger partial charge in [-0.2, -0.15) is 4.98 Å². The zero-order chi connectivity index (χ0) is 15.6. The number of rotatable bonds is 4. The highest BCUT2D eigenvalue weighted by atomic mass is 16.5. The Morgan fingerprint density at radius 1 is 1.05 bits per heavy atom. The van der Waals surface area contributed by atoms with E-state index in [2.05, 4.69) is 48.2 Å². The second-order valence-corrected chi connectivity index (χ2v) is 5.33. The van der Waals surface area contributed by atoms with Crippen LogP contribution in [-0.2, 0) is 6.42 Å². The van der Waals surface area contributed by atoms with Crippen LogP contribution in [-0.4, -0.2) is 17.0 Å². The van der Waals surface area contributed by atoms with Crippen molar-refractivity contribution in [3.8, 4) is 11.6 Å². The van der Waals surface area contributed by atoms with Crippen LogP contribution < -0.4 is 10.1 Å². The Hall–Kier alpha value is -2.10. The summed E-state index contributed by atoms with van der Waals surface area (Å²) >= 11 is 0. The van der Waals surface area contributed by atoms with Gasteiger partial charge in [0.1, 0.15) is 17.4 Å². The van der Waals surface area contributed by atoms with Crippen LogP contribution in [0.3, 0.4) is 0 Å². The molecule has 21 heavy (non-hydrogen) atoms. The van der Waals surface area contributed by atoms with Crippen molar-refractivity contribution >= 4 is 5.82 Å². The van der Waals surface area contributed by atoms with Gasteiger partial charge in [0.15, 0.2) is 0 Å². The number of anilines is 1. The van der Waals surface area contributed by atoms with Gasteiger partial charge in [-0.15, -0.1) is 0 Å². The van der Waals surface area contributed by atoms with E-state index in [1.54, 1.807) is 0 Å². The molecule has 1 N–H and O–H groups in total. The van der Waals surface area contributed by atoms with Crippen molar-refractivity contribution in [2.45, 2.75) is 41.0 Å². The largest absolute Gasteiger partial charge is 0.438 e. The summed E-state index contributed by atoms with van der Waals surface area (Å²) in [6.07, 6.45) is 0.775. The molecule has 112 valence electrons. The van der Waals surface area contributed by atoms with Crippen LogP contribution in [0.4, 0.5) is 5.82 Å². The van der Waals surface area contributed by atoms with Gasteiger partial charge in [-0.25, -0.2) is 4.98 Å². The van der Waals surface area contributed by atoms with E-state index in [1.807, 2.05) is 20.9 Å². The molecule has 4 heteroatoms. The van der Waals surface area contributed by atoms with E-state index in [4.69, 9.17) is 4.74 Å². The first-order valence-corrected chi connectivity index (χ1v) is 7.27. The number of benzene rings is 1. The molecule has 1 aromatic carbocycles. The average molecular weight is 285 g/mol. The number of aromatic nitrogens is 2. The molecule has 2 rings (SSSR count). The minimum atomic E-state index is 0.624. The van der Waals surface area contributed by atoms with Gasteiger partial charge in [-0.05, 0) is 50.5 Å². The van der Waals surface area contributed by atoms with E-state index in [0.717, 1.165) is 34.9 Å². The Morgan fingerprint density at radius 2 is 1.76 bits per heavy atom. The van der Waals surface area contributed by atoms with Crippen LogP contribution in [0.5, 0.6) is 11.6 Å². The van der Waals surface area contributed by atoms with Crippen molar-refractivity contribution in [2.75, 3.05) is 12.4 Å². The third kappa shape index (κ3) is 3.15. The van der Waals surface area contributed by atoms with E-state index >= 15 is 0 Å². The molecule has 0 fully saturated rings. The molecule has 2 aromatic rings. The Labute approximate surface area is 126 Å². The summed E-state index contributed by atoms with van der Waals surface area (Å²) in [6, 6.07) is 4.21. The molecule has 0 amide bonds. The SMILES string of the molecule is CCc1nc(NC)c(C)c(Oc2cc(C)cc(C)c2C)n1. The van der Waals surface area contributed by atoms with Crippen molar-refractivity contribution in [1.82, 2.24) is 9.97 Å². The van der Waals surface area contributed by atoms with Gasteiger partial charge in [-0.1, -0.05) is 13.0 Å². The Kier molecular flexibility index (Phi) is 4.46. The molecular weight excluding hydrogens is 262 g/mol. The quantitative estimate of drug-likeness (QED) is 0.918. The zero-order valence-corrected chi connectivity index (χ0v) is 13.7. The van der Waals surface area contributed by atoms with Gasteiger partial charge in [0.05, 0.1) is 5.56 Å². The molecule has 0 radical (unpaired) electrons. The molecule has 0 aliphatic carbocycles. The molecule has 0 spiro atoms. The van der Waals surface area contributed by atoms with Crippen LogP contribution >= 0.6 is 0 Å². The topological polar surface area (TPSA) is 47.0 Å². The average Bonchev–Trinajstić information content (AvgIpc) is 2.46. The van der Waals surface area contributed by atoms with Crippen molar-refractivity contribution in [3.05, 3.63) is 40.2 Å². The third-order valence-corrected chi connectivity index (χ3v) is 3.67. The number of nitrogens with zero attached hydrogens (tertiary/aromatic N) is 2. The maximum Gasteiger partial charge on any atom is 0.227 e. The lowest BCUT2D eigenvalue weighted by Gasteiger charge is -2.15. The minimum absolute atomic E-state index is 0.624. The molecule has 0 unspecified atom stereocenters. The molecule has 1 aromatic heterocycles. The molecule has 0 atom stereocenters. The monoisotopic (exact) mass is 285 g/mol. The molecular formula is C17H23N3O. The molecule has 4 nitrogen and oxygen atoms in total. The van der Waals surface area contributed by atoms with Crippen LogP contribution in [0, 0.1) is 27.7 Å². The fourth-order valence-corrected chi connectivity index (χ4v) is 2.25. The summed E-state index contributed by atoms with van der Waals surface area (Å²) in [5.74, 6) is 3.08. The van der Waals surface area contributed by atoms with Crippen LogP contribution in [0.2, 0.25) is 0 Å². The van der Waals surface area contributed by atoms with Gasteiger partial charge in [0, 0.05) is 13.5 Å².